The van der Waals surface area contributed by atoms with Crippen LogP contribution in [0.15, 0.2) is 0 Å². The van der Waals surface area contributed by atoms with Crippen LogP contribution >= 0.6 is 11.8 Å². The highest BCUT2D eigenvalue weighted by Crippen LogP contribution is 2.29. The van der Waals surface area contributed by atoms with E-state index in [2.05, 4.69) is 42.7 Å². The molecule has 2 atom stereocenters. The fourth-order valence-corrected chi connectivity index (χ4v) is 3.88. The van der Waals surface area contributed by atoms with Gasteiger partial charge in [-0.25, -0.2) is 0 Å². The van der Waals surface area contributed by atoms with Gasteiger partial charge < -0.3 is 10.2 Å². The van der Waals surface area contributed by atoms with Crippen molar-refractivity contribution >= 4 is 11.8 Å². The number of hydrogen-bond acceptors (Lipinski definition) is 3. The summed E-state index contributed by atoms with van der Waals surface area (Å²) in [6.07, 6.45) is 5.46. The first-order valence-corrected chi connectivity index (χ1v) is 8.42. The molecule has 0 aromatic rings. The first-order valence-electron chi connectivity index (χ1n) is 7.37. The van der Waals surface area contributed by atoms with E-state index in [-0.39, 0.29) is 0 Å². The van der Waals surface area contributed by atoms with Crippen LogP contribution in [-0.4, -0.2) is 48.1 Å². The zero-order valence-corrected chi connectivity index (χ0v) is 12.7. The lowest BCUT2D eigenvalue weighted by atomic mass is 10.2. The van der Waals surface area contributed by atoms with E-state index in [1.807, 2.05) is 0 Å². The summed E-state index contributed by atoms with van der Waals surface area (Å²) in [6, 6.07) is 0.806. The molecule has 1 N–H and O–H groups in total. The summed E-state index contributed by atoms with van der Waals surface area (Å²) in [5.41, 5.74) is 0. The largest absolute Gasteiger partial charge is 0.314 e. The van der Waals surface area contributed by atoms with E-state index in [9.17, 15) is 0 Å². The Morgan fingerprint density at radius 1 is 1.18 bits per heavy atom. The highest BCUT2D eigenvalue weighted by atomic mass is 32.2. The molecule has 3 heteroatoms. The second-order valence-corrected chi connectivity index (χ2v) is 6.39. The number of nitrogens with zero attached hydrogens (tertiary/aromatic N) is 1. The molecular weight excluding hydrogens is 228 g/mol. The van der Waals surface area contributed by atoms with Crippen molar-refractivity contribution in [1.82, 2.24) is 10.2 Å². The molecular formula is C14H30N2S. The molecule has 0 bridgehead atoms. The molecule has 1 rings (SSSR count). The van der Waals surface area contributed by atoms with Crippen molar-refractivity contribution < 1.29 is 0 Å². The standard InChI is InChI=1S/C14H30N2S/c1-4-9-15-13-7-8-14(12-13)17-11-10-16(5-2)6-3/h13-15H,4-12H2,1-3H3. The Bertz CT molecular complexity index is 183. The summed E-state index contributed by atoms with van der Waals surface area (Å²) >= 11 is 2.20. The molecule has 102 valence electrons. The monoisotopic (exact) mass is 258 g/mol. The van der Waals surface area contributed by atoms with Crippen molar-refractivity contribution in [2.45, 2.75) is 57.7 Å². The lowest BCUT2D eigenvalue weighted by Crippen LogP contribution is -2.27. The zero-order valence-electron chi connectivity index (χ0n) is 11.9. The van der Waals surface area contributed by atoms with Crippen LogP contribution in [0, 0.1) is 0 Å². The van der Waals surface area contributed by atoms with Crippen molar-refractivity contribution in [3.8, 4) is 0 Å². The van der Waals surface area contributed by atoms with Crippen LogP contribution in [0.5, 0.6) is 0 Å². The molecule has 1 aliphatic rings. The van der Waals surface area contributed by atoms with E-state index in [1.165, 1.54) is 57.6 Å². The number of hydrogen-bond donors (Lipinski definition) is 1. The molecule has 0 aromatic heterocycles. The summed E-state index contributed by atoms with van der Waals surface area (Å²) in [7, 11) is 0. The van der Waals surface area contributed by atoms with Gasteiger partial charge in [-0.1, -0.05) is 20.8 Å². The predicted octanol–water partition coefficient (Wildman–Crippen LogP) is 2.98. The van der Waals surface area contributed by atoms with Gasteiger partial charge in [-0.05, 0) is 45.3 Å². The fraction of sp³-hybridized carbons (Fsp3) is 1.00. The highest BCUT2D eigenvalue weighted by Gasteiger charge is 2.24. The van der Waals surface area contributed by atoms with Crippen LogP contribution in [0.1, 0.15) is 46.5 Å². The third kappa shape index (κ3) is 6.12. The van der Waals surface area contributed by atoms with Crippen LogP contribution in [0.2, 0.25) is 0 Å². The van der Waals surface area contributed by atoms with Gasteiger partial charge in [0.25, 0.3) is 0 Å². The zero-order chi connectivity index (χ0) is 12.5. The molecule has 0 heterocycles. The van der Waals surface area contributed by atoms with Gasteiger partial charge in [0.2, 0.25) is 0 Å². The minimum absolute atomic E-state index is 0.806. The molecule has 2 unspecified atom stereocenters. The maximum absolute atomic E-state index is 3.66. The fourth-order valence-electron chi connectivity index (χ4n) is 2.51. The van der Waals surface area contributed by atoms with Gasteiger partial charge in [0, 0.05) is 23.6 Å². The van der Waals surface area contributed by atoms with Crippen LogP contribution < -0.4 is 5.32 Å². The molecule has 1 saturated carbocycles. The first kappa shape index (κ1) is 15.3. The normalized spacial score (nSPS) is 24.7. The number of rotatable bonds is 9. The second kappa shape index (κ2) is 9.23. The summed E-state index contributed by atoms with van der Waals surface area (Å²) in [5.74, 6) is 1.31. The van der Waals surface area contributed by atoms with Gasteiger partial charge in [0.1, 0.15) is 0 Å². The Morgan fingerprint density at radius 2 is 1.94 bits per heavy atom. The van der Waals surface area contributed by atoms with E-state index in [0.717, 1.165) is 11.3 Å². The SMILES string of the molecule is CCCNC1CCC(SCCN(CC)CC)C1. The van der Waals surface area contributed by atoms with Crippen LogP contribution in [-0.2, 0) is 0 Å². The van der Waals surface area contributed by atoms with Crippen LogP contribution in [0.25, 0.3) is 0 Å². The van der Waals surface area contributed by atoms with E-state index in [1.54, 1.807) is 0 Å². The van der Waals surface area contributed by atoms with Gasteiger partial charge in [0.05, 0.1) is 0 Å². The molecule has 2 nitrogen and oxygen atoms in total. The molecule has 1 fully saturated rings. The van der Waals surface area contributed by atoms with Crippen LogP contribution in [0.3, 0.4) is 0 Å². The lowest BCUT2D eigenvalue weighted by molar-refractivity contribution is 0.323. The molecule has 17 heavy (non-hydrogen) atoms. The van der Waals surface area contributed by atoms with Gasteiger partial charge in [-0.2, -0.15) is 11.8 Å². The quantitative estimate of drug-likeness (QED) is 0.684. The molecule has 1 aliphatic carbocycles. The highest BCUT2D eigenvalue weighted by molar-refractivity contribution is 7.99. The number of thioether (sulfide) groups is 1. The van der Waals surface area contributed by atoms with Crippen molar-refractivity contribution in [2.75, 3.05) is 31.9 Å². The molecule has 0 radical (unpaired) electrons. The molecule has 0 spiro atoms. The second-order valence-electron chi connectivity index (χ2n) is 4.98. The Kier molecular flexibility index (Phi) is 8.33. The van der Waals surface area contributed by atoms with Crippen molar-refractivity contribution in [1.29, 1.82) is 0 Å². The van der Waals surface area contributed by atoms with Crippen LogP contribution in [0.4, 0.5) is 0 Å². The van der Waals surface area contributed by atoms with Gasteiger partial charge in [0.15, 0.2) is 0 Å². The third-order valence-corrected chi connectivity index (χ3v) is 5.04. The maximum Gasteiger partial charge on any atom is 0.00779 e. The smallest absolute Gasteiger partial charge is 0.00779 e. The Hall–Kier alpha value is 0.270. The Balaban J connectivity index is 2.05. The third-order valence-electron chi connectivity index (χ3n) is 3.72. The molecule has 0 amide bonds. The van der Waals surface area contributed by atoms with Crippen molar-refractivity contribution in [3.63, 3.8) is 0 Å². The average Bonchev–Trinajstić information content (AvgIpc) is 2.80. The Labute approximate surface area is 112 Å². The lowest BCUT2D eigenvalue weighted by Gasteiger charge is -2.19. The van der Waals surface area contributed by atoms with E-state index >= 15 is 0 Å². The van der Waals surface area contributed by atoms with Crippen molar-refractivity contribution in [3.05, 3.63) is 0 Å². The summed E-state index contributed by atoms with van der Waals surface area (Å²) in [4.78, 5) is 2.52. The van der Waals surface area contributed by atoms with Gasteiger partial charge in [-0.3, -0.25) is 0 Å². The molecule has 0 aliphatic heterocycles. The van der Waals surface area contributed by atoms with E-state index < -0.39 is 0 Å². The average molecular weight is 258 g/mol. The minimum atomic E-state index is 0.806. The summed E-state index contributed by atoms with van der Waals surface area (Å²) in [6.45, 7) is 11.6. The maximum atomic E-state index is 3.66. The number of nitrogens with one attached hydrogen (secondary N) is 1. The summed E-state index contributed by atoms with van der Waals surface area (Å²) < 4.78 is 0. The molecule has 0 aromatic carbocycles. The summed E-state index contributed by atoms with van der Waals surface area (Å²) in [5, 5.41) is 4.58. The van der Waals surface area contributed by atoms with Gasteiger partial charge in [-0.15, -0.1) is 0 Å². The first-order chi connectivity index (χ1) is 8.30. The van der Waals surface area contributed by atoms with E-state index in [4.69, 9.17) is 0 Å². The van der Waals surface area contributed by atoms with E-state index in [0.29, 0.717) is 0 Å². The minimum Gasteiger partial charge on any atom is -0.314 e. The topological polar surface area (TPSA) is 15.3 Å². The molecule has 0 saturated heterocycles. The predicted molar refractivity (Wildman–Crippen MR) is 80.0 cm³/mol. The van der Waals surface area contributed by atoms with Gasteiger partial charge >= 0.3 is 0 Å². The van der Waals surface area contributed by atoms with Crippen molar-refractivity contribution in [2.24, 2.45) is 0 Å². The Morgan fingerprint density at radius 3 is 2.59 bits per heavy atom.